The molecule has 4 heteroatoms. The van der Waals surface area contributed by atoms with Crippen molar-refractivity contribution in [1.82, 2.24) is 0 Å². The van der Waals surface area contributed by atoms with Gasteiger partial charge in [0.25, 0.3) is 5.78 Å². The number of furan rings is 1. The van der Waals surface area contributed by atoms with Crippen molar-refractivity contribution >= 4 is 11.8 Å². The molecule has 1 heterocycles. The van der Waals surface area contributed by atoms with Gasteiger partial charge in [0.1, 0.15) is 11.5 Å². The molecule has 0 amide bonds. The van der Waals surface area contributed by atoms with Gasteiger partial charge in [0.05, 0.1) is 5.56 Å². The Morgan fingerprint density at radius 1 is 1.33 bits per heavy atom. The summed E-state index contributed by atoms with van der Waals surface area (Å²) in [5.41, 5.74) is -0.102. The van der Waals surface area contributed by atoms with Crippen LogP contribution < -0.4 is 0 Å². The maximum absolute atomic E-state index is 11.2. The molecule has 1 aromatic heterocycles. The highest BCUT2D eigenvalue weighted by atomic mass is 16.4. The first kappa shape index (κ1) is 11.5. The highest BCUT2D eigenvalue weighted by Gasteiger charge is 2.25. The van der Waals surface area contributed by atoms with Crippen LogP contribution in [0.1, 0.15) is 42.6 Å². The number of hydrogen-bond donors (Lipinski definition) is 1. The predicted octanol–water partition coefficient (Wildman–Crippen LogP) is 2.15. The molecule has 0 atom stereocenters. The number of hydrogen-bond acceptors (Lipinski definition) is 3. The minimum atomic E-state index is -1.46. The zero-order valence-electron chi connectivity index (χ0n) is 9.25. The number of carboxylic acid groups (broad SMARTS) is 1. The number of aryl methyl sites for hydroxylation is 1. The highest BCUT2D eigenvalue weighted by Crippen LogP contribution is 2.27. The second-order valence-corrected chi connectivity index (χ2v) is 4.46. The van der Waals surface area contributed by atoms with Crippen molar-refractivity contribution in [2.24, 2.45) is 0 Å². The van der Waals surface area contributed by atoms with E-state index in [9.17, 15) is 9.59 Å². The fraction of sp³-hybridized carbons (Fsp3) is 0.455. The molecular formula is C11H14O4. The number of ketones is 1. The molecule has 0 saturated heterocycles. The fourth-order valence-corrected chi connectivity index (χ4v) is 1.19. The third-order valence-corrected chi connectivity index (χ3v) is 2.10. The average molecular weight is 210 g/mol. The zero-order chi connectivity index (χ0) is 11.8. The van der Waals surface area contributed by atoms with Gasteiger partial charge < -0.3 is 9.52 Å². The summed E-state index contributed by atoms with van der Waals surface area (Å²) in [6.07, 6.45) is 0. The summed E-state index contributed by atoms with van der Waals surface area (Å²) in [6.45, 7) is 7.38. The number of carbonyl (C=O) groups excluding carboxylic acids is 1. The number of rotatable bonds is 2. The van der Waals surface area contributed by atoms with Crippen LogP contribution in [-0.4, -0.2) is 16.9 Å². The second kappa shape index (κ2) is 3.53. The minimum absolute atomic E-state index is 0.132. The van der Waals surface area contributed by atoms with Crippen LogP contribution >= 0.6 is 0 Å². The van der Waals surface area contributed by atoms with E-state index in [1.54, 1.807) is 6.92 Å². The van der Waals surface area contributed by atoms with E-state index in [4.69, 9.17) is 9.52 Å². The molecule has 15 heavy (non-hydrogen) atoms. The van der Waals surface area contributed by atoms with Crippen molar-refractivity contribution in [2.75, 3.05) is 0 Å². The molecule has 0 aliphatic rings. The third kappa shape index (κ3) is 2.26. The zero-order valence-corrected chi connectivity index (χ0v) is 9.25. The molecule has 0 aliphatic carbocycles. The molecule has 0 aliphatic heterocycles. The van der Waals surface area contributed by atoms with Gasteiger partial charge in [-0.3, -0.25) is 4.79 Å². The summed E-state index contributed by atoms with van der Waals surface area (Å²) in [5, 5.41) is 8.58. The Bertz CT molecular complexity index is 407. The lowest BCUT2D eigenvalue weighted by Gasteiger charge is -2.13. The van der Waals surface area contributed by atoms with Crippen molar-refractivity contribution in [3.63, 3.8) is 0 Å². The standard InChI is InChI=1S/C11H14O4/c1-6-7(9(12)10(13)14)5-8(15-6)11(2,3)4/h5H,1-4H3,(H,13,14). The van der Waals surface area contributed by atoms with E-state index in [1.165, 1.54) is 6.07 Å². The van der Waals surface area contributed by atoms with E-state index < -0.39 is 11.8 Å². The summed E-state index contributed by atoms with van der Waals surface area (Å²) in [4.78, 5) is 21.8. The lowest BCUT2D eigenvalue weighted by atomic mass is 9.93. The Labute approximate surface area is 87.9 Å². The molecule has 4 nitrogen and oxygen atoms in total. The topological polar surface area (TPSA) is 67.5 Å². The van der Waals surface area contributed by atoms with Crippen LogP contribution in [0.15, 0.2) is 10.5 Å². The van der Waals surface area contributed by atoms with E-state index in [-0.39, 0.29) is 11.0 Å². The molecule has 0 bridgehead atoms. The van der Waals surface area contributed by atoms with Crippen LogP contribution in [0.5, 0.6) is 0 Å². The molecule has 0 saturated carbocycles. The minimum Gasteiger partial charge on any atom is -0.475 e. The summed E-state index contributed by atoms with van der Waals surface area (Å²) < 4.78 is 5.37. The second-order valence-electron chi connectivity index (χ2n) is 4.46. The maximum atomic E-state index is 11.2. The smallest absolute Gasteiger partial charge is 0.377 e. The first-order valence-corrected chi connectivity index (χ1v) is 4.62. The van der Waals surface area contributed by atoms with Gasteiger partial charge in [-0.2, -0.15) is 0 Å². The average Bonchev–Trinajstić information content (AvgIpc) is 2.45. The van der Waals surface area contributed by atoms with Gasteiger partial charge in [-0.05, 0) is 13.0 Å². The summed E-state index contributed by atoms with van der Waals surface area (Å²) in [7, 11) is 0. The fourth-order valence-electron chi connectivity index (χ4n) is 1.19. The van der Waals surface area contributed by atoms with Crippen molar-refractivity contribution < 1.29 is 19.1 Å². The Morgan fingerprint density at radius 2 is 1.87 bits per heavy atom. The molecule has 0 unspecified atom stereocenters. The number of Topliss-reactive ketones (excluding diaryl/α,β-unsaturated/α-hetero) is 1. The molecule has 1 rings (SSSR count). The number of carbonyl (C=O) groups is 2. The Hall–Kier alpha value is -1.58. The van der Waals surface area contributed by atoms with Gasteiger partial charge in [-0.15, -0.1) is 0 Å². The maximum Gasteiger partial charge on any atom is 0.377 e. The van der Waals surface area contributed by atoms with Gasteiger partial charge >= 0.3 is 5.97 Å². The quantitative estimate of drug-likeness (QED) is 0.600. The van der Waals surface area contributed by atoms with Crippen molar-refractivity contribution in [2.45, 2.75) is 33.1 Å². The van der Waals surface area contributed by atoms with E-state index >= 15 is 0 Å². The molecule has 0 spiro atoms. The summed E-state index contributed by atoms with van der Waals surface area (Å²) in [6, 6.07) is 1.51. The molecule has 1 N–H and O–H groups in total. The Kier molecular flexibility index (Phi) is 2.71. The van der Waals surface area contributed by atoms with Crippen molar-refractivity contribution in [3.05, 3.63) is 23.2 Å². The SMILES string of the molecule is Cc1oc(C(C)(C)C)cc1C(=O)C(=O)O. The first-order chi connectivity index (χ1) is 6.73. The van der Waals surface area contributed by atoms with Gasteiger partial charge in [0.15, 0.2) is 0 Å². The molecule has 1 aromatic rings. The molecule has 82 valence electrons. The van der Waals surface area contributed by atoms with Gasteiger partial charge in [-0.25, -0.2) is 4.79 Å². The molecule has 0 radical (unpaired) electrons. The van der Waals surface area contributed by atoms with Crippen LogP contribution in [-0.2, 0) is 10.2 Å². The normalized spacial score (nSPS) is 11.5. The lowest BCUT2D eigenvalue weighted by Crippen LogP contribution is -2.13. The van der Waals surface area contributed by atoms with Crippen molar-refractivity contribution in [1.29, 1.82) is 0 Å². The molecular weight excluding hydrogens is 196 g/mol. The van der Waals surface area contributed by atoms with Crippen LogP contribution in [0, 0.1) is 6.92 Å². The first-order valence-electron chi connectivity index (χ1n) is 4.62. The van der Waals surface area contributed by atoms with Crippen LogP contribution in [0.4, 0.5) is 0 Å². The predicted molar refractivity (Wildman–Crippen MR) is 54.1 cm³/mol. The van der Waals surface area contributed by atoms with E-state index in [2.05, 4.69) is 0 Å². The monoisotopic (exact) mass is 210 g/mol. The van der Waals surface area contributed by atoms with Gasteiger partial charge in [0, 0.05) is 5.41 Å². The van der Waals surface area contributed by atoms with Crippen molar-refractivity contribution in [3.8, 4) is 0 Å². The van der Waals surface area contributed by atoms with Crippen LogP contribution in [0.2, 0.25) is 0 Å². The summed E-state index contributed by atoms with van der Waals surface area (Å²) in [5.74, 6) is -1.41. The van der Waals surface area contributed by atoms with E-state index in [0.29, 0.717) is 11.5 Å². The largest absolute Gasteiger partial charge is 0.475 e. The number of aliphatic carboxylic acids is 1. The van der Waals surface area contributed by atoms with Gasteiger partial charge in [-0.1, -0.05) is 20.8 Å². The lowest BCUT2D eigenvalue weighted by molar-refractivity contribution is -0.131. The highest BCUT2D eigenvalue weighted by molar-refractivity contribution is 6.40. The number of carboxylic acids is 1. The third-order valence-electron chi connectivity index (χ3n) is 2.10. The Balaban J connectivity index is 3.18. The molecule has 0 fully saturated rings. The van der Waals surface area contributed by atoms with E-state index in [0.717, 1.165) is 0 Å². The Morgan fingerprint density at radius 3 is 2.20 bits per heavy atom. The van der Waals surface area contributed by atoms with Crippen LogP contribution in [0.25, 0.3) is 0 Å². The van der Waals surface area contributed by atoms with Crippen LogP contribution in [0.3, 0.4) is 0 Å². The van der Waals surface area contributed by atoms with Gasteiger partial charge in [0.2, 0.25) is 0 Å². The van der Waals surface area contributed by atoms with E-state index in [1.807, 2.05) is 20.8 Å². The molecule has 0 aromatic carbocycles. The summed E-state index contributed by atoms with van der Waals surface area (Å²) >= 11 is 0.